The molecule has 3 aromatic rings. The molecule has 0 aliphatic carbocycles. The van der Waals surface area contributed by atoms with Crippen LogP contribution in [-0.4, -0.2) is 66.5 Å². The van der Waals surface area contributed by atoms with Crippen LogP contribution in [0.3, 0.4) is 0 Å². The van der Waals surface area contributed by atoms with Gasteiger partial charge in [0.05, 0.1) is 12.7 Å². The lowest BCUT2D eigenvalue weighted by atomic mass is 9.90. The topological polar surface area (TPSA) is 31.5 Å². The molecule has 0 radical (unpaired) electrons. The average Bonchev–Trinajstić information content (AvgIpc) is 3.20. The molecule has 1 unspecified atom stereocenters. The summed E-state index contributed by atoms with van der Waals surface area (Å²) < 4.78 is 63.9. The minimum Gasteiger partial charge on any atom is -0.492 e. The number of aromatic nitrogens is 1. The first-order valence-electron chi connectivity index (χ1n) is 13.2. The molecule has 2 aromatic carbocycles. The van der Waals surface area contributed by atoms with E-state index in [4.69, 9.17) is 4.74 Å². The number of nitrogens with one attached hydrogen (secondary N) is 1. The van der Waals surface area contributed by atoms with Crippen molar-refractivity contribution < 1.29 is 22.3 Å². The summed E-state index contributed by atoms with van der Waals surface area (Å²) in [5.41, 5.74) is 0.968. The van der Waals surface area contributed by atoms with E-state index in [1.165, 1.54) is 26.0 Å². The Labute approximate surface area is 216 Å². The van der Waals surface area contributed by atoms with Crippen LogP contribution in [0.1, 0.15) is 50.6 Å². The Balaban J connectivity index is 0.00000156. The van der Waals surface area contributed by atoms with Crippen LogP contribution in [0.25, 0.3) is 10.9 Å². The minimum absolute atomic E-state index is 0.0410. The van der Waals surface area contributed by atoms with Crippen LogP contribution in [0.5, 0.6) is 5.75 Å². The summed E-state index contributed by atoms with van der Waals surface area (Å²) >= 11 is 0. The highest BCUT2D eigenvalue weighted by atomic mass is 19.1. The lowest BCUT2D eigenvalue weighted by molar-refractivity contribution is 0.0667. The van der Waals surface area contributed by atoms with E-state index in [2.05, 4.69) is 4.98 Å². The SMILES string of the molecule is CC.CC(C)(F)CN1CCc2c([nH]c3ccccc23)C1c1c(F)cc(OCCN2CC(CF)C2)cc1F. The van der Waals surface area contributed by atoms with E-state index < -0.39 is 23.3 Å². The number of hydrogen-bond acceptors (Lipinski definition) is 3. The van der Waals surface area contributed by atoms with E-state index in [9.17, 15) is 8.78 Å². The van der Waals surface area contributed by atoms with Crippen LogP contribution < -0.4 is 4.74 Å². The maximum absolute atomic E-state index is 15.5. The van der Waals surface area contributed by atoms with Gasteiger partial charge in [-0.15, -0.1) is 0 Å². The van der Waals surface area contributed by atoms with Crippen molar-refractivity contribution in [2.24, 2.45) is 5.92 Å². The largest absolute Gasteiger partial charge is 0.492 e. The van der Waals surface area contributed by atoms with Crippen molar-refractivity contribution >= 4 is 10.9 Å². The first-order chi connectivity index (χ1) is 17.7. The molecule has 3 heterocycles. The van der Waals surface area contributed by atoms with E-state index in [0.29, 0.717) is 38.3 Å². The van der Waals surface area contributed by atoms with E-state index >= 15 is 8.78 Å². The lowest BCUT2D eigenvalue weighted by Crippen LogP contribution is -2.49. The maximum atomic E-state index is 15.5. The number of halogens is 4. The number of para-hydroxylation sites is 1. The van der Waals surface area contributed by atoms with E-state index in [-0.39, 0.29) is 37.1 Å². The number of aromatic amines is 1. The molecule has 1 aromatic heterocycles. The zero-order valence-corrected chi connectivity index (χ0v) is 22.1. The van der Waals surface area contributed by atoms with Crippen molar-refractivity contribution in [2.75, 3.05) is 46.0 Å². The summed E-state index contributed by atoms with van der Waals surface area (Å²) in [6.45, 7) is 9.33. The van der Waals surface area contributed by atoms with E-state index in [0.717, 1.165) is 16.5 Å². The Morgan fingerprint density at radius 3 is 2.41 bits per heavy atom. The second-order valence-corrected chi connectivity index (χ2v) is 10.3. The van der Waals surface area contributed by atoms with Gasteiger partial charge in [0.1, 0.15) is 29.7 Å². The van der Waals surface area contributed by atoms with Crippen LogP contribution >= 0.6 is 0 Å². The molecule has 8 heteroatoms. The van der Waals surface area contributed by atoms with Crippen LogP contribution in [0.2, 0.25) is 0 Å². The van der Waals surface area contributed by atoms with Crippen LogP contribution in [0, 0.1) is 17.6 Å². The number of fused-ring (bicyclic) bond motifs is 3. The third-order valence-corrected chi connectivity index (χ3v) is 6.97. The maximum Gasteiger partial charge on any atom is 0.135 e. The summed E-state index contributed by atoms with van der Waals surface area (Å²) in [6.07, 6.45) is 0.663. The number of benzene rings is 2. The third kappa shape index (κ3) is 5.96. The molecule has 5 rings (SSSR count). The van der Waals surface area contributed by atoms with Crippen molar-refractivity contribution in [1.29, 1.82) is 0 Å². The Morgan fingerprint density at radius 1 is 1.08 bits per heavy atom. The number of hydrogen-bond donors (Lipinski definition) is 1. The highest BCUT2D eigenvalue weighted by Crippen LogP contribution is 2.41. The van der Waals surface area contributed by atoms with Crippen molar-refractivity contribution in [3.05, 3.63) is 64.9 Å². The molecule has 37 heavy (non-hydrogen) atoms. The second kappa shape index (κ2) is 11.4. The van der Waals surface area contributed by atoms with E-state index in [1.54, 1.807) is 0 Å². The Hall–Kier alpha value is -2.58. The first kappa shape index (κ1) is 27.5. The molecule has 0 saturated carbocycles. The number of rotatable bonds is 8. The summed E-state index contributed by atoms with van der Waals surface area (Å²) in [5.74, 6) is -1.26. The third-order valence-electron chi connectivity index (χ3n) is 6.97. The highest BCUT2D eigenvalue weighted by Gasteiger charge is 2.38. The van der Waals surface area contributed by atoms with Gasteiger partial charge in [0, 0.05) is 72.9 Å². The predicted octanol–water partition coefficient (Wildman–Crippen LogP) is 6.45. The van der Waals surface area contributed by atoms with Gasteiger partial charge in [-0.2, -0.15) is 0 Å². The fourth-order valence-electron chi connectivity index (χ4n) is 5.43. The van der Waals surface area contributed by atoms with Gasteiger partial charge >= 0.3 is 0 Å². The molecule has 4 nitrogen and oxygen atoms in total. The molecule has 202 valence electrons. The van der Waals surface area contributed by atoms with Gasteiger partial charge < -0.3 is 9.72 Å². The van der Waals surface area contributed by atoms with Crippen molar-refractivity contribution in [3.8, 4) is 5.75 Å². The lowest BCUT2D eigenvalue weighted by Gasteiger charge is -2.38. The molecule has 1 N–H and O–H groups in total. The smallest absolute Gasteiger partial charge is 0.135 e. The number of ether oxygens (including phenoxy) is 1. The van der Waals surface area contributed by atoms with Gasteiger partial charge in [0.25, 0.3) is 0 Å². The number of nitrogens with zero attached hydrogens (tertiary/aromatic N) is 2. The Kier molecular flexibility index (Phi) is 8.49. The summed E-state index contributed by atoms with van der Waals surface area (Å²) in [6, 6.07) is 9.40. The Morgan fingerprint density at radius 2 is 1.76 bits per heavy atom. The van der Waals surface area contributed by atoms with Crippen molar-refractivity contribution in [1.82, 2.24) is 14.8 Å². The summed E-state index contributed by atoms with van der Waals surface area (Å²) in [4.78, 5) is 7.21. The molecule has 0 spiro atoms. The zero-order chi connectivity index (χ0) is 26.7. The summed E-state index contributed by atoms with van der Waals surface area (Å²) in [7, 11) is 0. The number of likely N-dealkylation sites (tertiary alicyclic amines) is 1. The molecule has 0 amide bonds. The van der Waals surface area contributed by atoms with Gasteiger partial charge in [-0.3, -0.25) is 14.2 Å². The minimum atomic E-state index is -1.53. The number of H-pyrrole nitrogens is 1. The highest BCUT2D eigenvalue weighted by molar-refractivity contribution is 5.85. The van der Waals surface area contributed by atoms with Gasteiger partial charge in [0.15, 0.2) is 0 Å². The zero-order valence-electron chi connectivity index (χ0n) is 22.1. The molecule has 0 bridgehead atoms. The van der Waals surface area contributed by atoms with Gasteiger partial charge in [-0.1, -0.05) is 32.0 Å². The van der Waals surface area contributed by atoms with Crippen molar-refractivity contribution in [3.63, 3.8) is 0 Å². The standard InChI is InChI=1S/C27H31F4N3O.C2H6/c1-27(2,31)16-34-8-7-20-19-5-3-4-6-23(19)32-25(20)26(34)24-21(29)11-18(12-22(24)30)35-10-9-33-14-17(13-28)15-33;1-2/h3-6,11-12,17,26,32H,7-10,13-16H2,1-2H3;1-2H3. The van der Waals surface area contributed by atoms with Crippen LogP contribution in [-0.2, 0) is 6.42 Å². The summed E-state index contributed by atoms with van der Waals surface area (Å²) in [5, 5.41) is 1.02. The molecule has 1 saturated heterocycles. The van der Waals surface area contributed by atoms with E-state index in [1.807, 2.05) is 47.9 Å². The van der Waals surface area contributed by atoms with Crippen molar-refractivity contribution in [2.45, 2.75) is 45.8 Å². The molecule has 1 atom stereocenters. The van der Waals surface area contributed by atoms with Crippen LogP contribution in [0.15, 0.2) is 36.4 Å². The second-order valence-electron chi connectivity index (χ2n) is 10.3. The fraction of sp³-hybridized carbons (Fsp3) is 0.517. The molecule has 2 aliphatic heterocycles. The quantitative estimate of drug-likeness (QED) is 0.347. The van der Waals surface area contributed by atoms with Gasteiger partial charge in [-0.05, 0) is 31.9 Å². The first-order valence-corrected chi connectivity index (χ1v) is 13.2. The fourth-order valence-corrected chi connectivity index (χ4v) is 5.43. The number of alkyl halides is 2. The van der Waals surface area contributed by atoms with Crippen LogP contribution in [0.4, 0.5) is 17.6 Å². The molecular formula is C29H37F4N3O. The monoisotopic (exact) mass is 519 g/mol. The van der Waals surface area contributed by atoms with Gasteiger partial charge in [-0.25, -0.2) is 13.2 Å². The molecule has 1 fully saturated rings. The van der Waals surface area contributed by atoms with Gasteiger partial charge in [0.2, 0.25) is 0 Å². The normalized spacial score (nSPS) is 18.8. The Bertz CT molecular complexity index is 1180. The molecular weight excluding hydrogens is 482 g/mol. The molecule has 2 aliphatic rings. The predicted molar refractivity (Wildman–Crippen MR) is 140 cm³/mol. The average molecular weight is 520 g/mol.